The number of ether oxygens (including phenoxy) is 3. The largest absolute Gasteiger partial charge is 0.497 e. The Morgan fingerprint density at radius 1 is 1.08 bits per heavy atom. The van der Waals surface area contributed by atoms with Gasteiger partial charge in [0.15, 0.2) is 11.5 Å². The van der Waals surface area contributed by atoms with Crippen molar-refractivity contribution in [2.45, 2.75) is 6.42 Å². The predicted octanol–water partition coefficient (Wildman–Crippen LogP) is 2.91. The third kappa shape index (κ3) is 4.10. The molecule has 2 aromatic rings. The van der Waals surface area contributed by atoms with E-state index in [2.05, 4.69) is 10.6 Å². The van der Waals surface area contributed by atoms with Gasteiger partial charge in [-0.15, -0.1) is 0 Å². The van der Waals surface area contributed by atoms with Gasteiger partial charge in [-0.3, -0.25) is 4.79 Å². The smallest absolute Gasteiger partial charge is 0.226 e. The van der Waals surface area contributed by atoms with E-state index in [9.17, 15) is 4.79 Å². The standard InChI is InChI=1S/C18H20N2O4/c1-22-15-4-2-3-14(11-15)20-18(21)7-8-19-13-5-6-16-17(12-13)24-10-9-23-16/h2-6,11-12,19H,7-10H2,1H3,(H,20,21). The van der Waals surface area contributed by atoms with Crippen molar-refractivity contribution < 1.29 is 19.0 Å². The summed E-state index contributed by atoms with van der Waals surface area (Å²) < 4.78 is 16.2. The molecule has 6 nitrogen and oxygen atoms in total. The summed E-state index contributed by atoms with van der Waals surface area (Å²) in [5.74, 6) is 2.13. The lowest BCUT2D eigenvalue weighted by Crippen LogP contribution is -2.17. The highest BCUT2D eigenvalue weighted by Crippen LogP contribution is 2.32. The Kier molecular flexibility index (Phi) is 5.05. The molecule has 1 amide bonds. The number of rotatable bonds is 6. The van der Waals surface area contributed by atoms with E-state index in [-0.39, 0.29) is 5.91 Å². The number of carbonyl (C=O) groups excluding carboxylic acids is 1. The van der Waals surface area contributed by atoms with Gasteiger partial charge in [0.05, 0.1) is 7.11 Å². The van der Waals surface area contributed by atoms with E-state index >= 15 is 0 Å². The van der Waals surface area contributed by atoms with E-state index in [1.807, 2.05) is 36.4 Å². The maximum Gasteiger partial charge on any atom is 0.226 e. The molecular weight excluding hydrogens is 308 g/mol. The fourth-order valence-electron chi connectivity index (χ4n) is 2.40. The average molecular weight is 328 g/mol. The minimum absolute atomic E-state index is 0.0618. The Hall–Kier alpha value is -2.89. The molecule has 2 N–H and O–H groups in total. The lowest BCUT2D eigenvalue weighted by Gasteiger charge is -2.19. The number of anilines is 2. The normalized spacial score (nSPS) is 12.4. The molecule has 2 aromatic carbocycles. The van der Waals surface area contributed by atoms with Crippen LogP contribution in [-0.2, 0) is 4.79 Å². The summed E-state index contributed by atoms with van der Waals surface area (Å²) in [6, 6.07) is 12.9. The average Bonchev–Trinajstić information content (AvgIpc) is 2.62. The van der Waals surface area contributed by atoms with Crippen LogP contribution in [0.4, 0.5) is 11.4 Å². The van der Waals surface area contributed by atoms with Crippen LogP contribution in [0, 0.1) is 0 Å². The van der Waals surface area contributed by atoms with Crippen molar-refractivity contribution in [3.8, 4) is 17.2 Å². The SMILES string of the molecule is COc1cccc(NC(=O)CCNc2ccc3c(c2)OCCO3)c1. The number of nitrogens with one attached hydrogen (secondary N) is 2. The van der Waals surface area contributed by atoms with Gasteiger partial charge in [0.25, 0.3) is 0 Å². The molecule has 1 heterocycles. The van der Waals surface area contributed by atoms with Crippen LogP contribution in [-0.4, -0.2) is 32.8 Å². The maximum absolute atomic E-state index is 12.0. The fraction of sp³-hybridized carbons (Fsp3) is 0.278. The third-order valence-electron chi connectivity index (χ3n) is 3.58. The third-order valence-corrected chi connectivity index (χ3v) is 3.58. The topological polar surface area (TPSA) is 68.8 Å². The predicted molar refractivity (Wildman–Crippen MR) is 92.2 cm³/mol. The van der Waals surface area contributed by atoms with Crippen LogP contribution in [0.25, 0.3) is 0 Å². The van der Waals surface area contributed by atoms with Gasteiger partial charge in [0, 0.05) is 36.5 Å². The second kappa shape index (κ2) is 7.59. The molecule has 1 aliphatic heterocycles. The number of benzene rings is 2. The number of methoxy groups -OCH3 is 1. The van der Waals surface area contributed by atoms with Gasteiger partial charge < -0.3 is 24.8 Å². The molecule has 0 saturated heterocycles. The molecule has 0 unspecified atom stereocenters. The fourth-order valence-corrected chi connectivity index (χ4v) is 2.40. The lowest BCUT2D eigenvalue weighted by atomic mass is 10.2. The molecule has 24 heavy (non-hydrogen) atoms. The Bertz CT molecular complexity index is 718. The molecule has 0 aliphatic carbocycles. The summed E-state index contributed by atoms with van der Waals surface area (Å²) >= 11 is 0. The number of hydrogen-bond donors (Lipinski definition) is 2. The molecule has 0 fully saturated rings. The molecular formula is C18H20N2O4. The van der Waals surface area contributed by atoms with Crippen molar-refractivity contribution in [1.82, 2.24) is 0 Å². The van der Waals surface area contributed by atoms with Crippen molar-refractivity contribution >= 4 is 17.3 Å². The van der Waals surface area contributed by atoms with Gasteiger partial charge in [-0.1, -0.05) is 6.07 Å². The van der Waals surface area contributed by atoms with E-state index in [1.165, 1.54) is 0 Å². The molecule has 0 radical (unpaired) electrons. The molecule has 0 spiro atoms. The maximum atomic E-state index is 12.0. The van der Waals surface area contributed by atoms with Crippen LogP contribution in [0.15, 0.2) is 42.5 Å². The Morgan fingerprint density at radius 2 is 1.92 bits per heavy atom. The Labute approximate surface area is 140 Å². The van der Waals surface area contributed by atoms with Crippen molar-refractivity contribution in [1.29, 1.82) is 0 Å². The summed E-state index contributed by atoms with van der Waals surface area (Å²) in [5.41, 5.74) is 1.62. The van der Waals surface area contributed by atoms with E-state index in [4.69, 9.17) is 14.2 Å². The van der Waals surface area contributed by atoms with Crippen LogP contribution in [0.2, 0.25) is 0 Å². The first-order chi connectivity index (χ1) is 11.7. The molecule has 0 aromatic heterocycles. The lowest BCUT2D eigenvalue weighted by molar-refractivity contribution is -0.115. The molecule has 0 saturated carbocycles. The van der Waals surface area contributed by atoms with E-state index in [1.54, 1.807) is 13.2 Å². The van der Waals surface area contributed by atoms with Crippen molar-refractivity contribution in [2.75, 3.05) is 37.5 Å². The summed E-state index contributed by atoms with van der Waals surface area (Å²) in [4.78, 5) is 12.0. The monoisotopic (exact) mass is 328 g/mol. The van der Waals surface area contributed by atoms with E-state index in [0.717, 1.165) is 22.9 Å². The minimum Gasteiger partial charge on any atom is -0.497 e. The molecule has 1 aliphatic rings. The summed E-state index contributed by atoms with van der Waals surface area (Å²) in [6.45, 7) is 1.65. The molecule has 0 atom stereocenters. The van der Waals surface area contributed by atoms with Gasteiger partial charge in [0.2, 0.25) is 5.91 Å². The summed E-state index contributed by atoms with van der Waals surface area (Å²) in [6.07, 6.45) is 0.353. The minimum atomic E-state index is -0.0618. The second-order valence-corrected chi connectivity index (χ2v) is 5.32. The van der Waals surface area contributed by atoms with E-state index in [0.29, 0.717) is 31.9 Å². The zero-order valence-electron chi connectivity index (χ0n) is 13.5. The van der Waals surface area contributed by atoms with Gasteiger partial charge in [0.1, 0.15) is 19.0 Å². The van der Waals surface area contributed by atoms with Crippen molar-refractivity contribution in [3.05, 3.63) is 42.5 Å². The molecule has 126 valence electrons. The highest BCUT2D eigenvalue weighted by molar-refractivity contribution is 5.91. The van der Waals surface area contributed by atoms with Crippen molar-refractivity contribution in [3.63, 3.8) is 0 Å². The van der Waals surface area contributed by atoms with Crippen LogP contribution < -0.4 is 24.8 Å². The zero-order valence-corrected chi connectivity index (χ0v) is 13.5. The summed E-state index contributed by atoms with van der Waals surface area (Å²) in [7, 11) is 1.60. The molecule has 6 heteroatoms. The number of amides is 1. The van der Waals surface area contributed by atoms with E-state index < -0.39 is 0 Å². The summed E-state index contributed by atoms with van der Waals surface area (Å²) in [5, 5.41) is 6.06. The van der Waals surface area contributed by atoms with Gasteiger partial charge in [-0.05, 0) is 24.3 Å². The van der Waals surface area contributed by atoms with Gasteiger partial charge >= 0.3 is 0 Å². The van der Waals surface area contributed by atoms with Crippen molar-refractivity contribution in [2.24, 2.45) is 0 Å². The number of hydrogen-bond acceptors (Lipinski definition) is 5. The van der Waals surface area contributed by atoms with Gasteiger partial charge in [-0.25, -0.2) is 0 Å². The quantitative estimate of drug-likeness (QED) is 0.853. The van der Waals surface area contributed by atoms with Crippen LogP contribution >= 0.6 is 0 Å². The first kappa shape index (κ1) is 16.0. The number of fused-ring (bicyclic) bond motifs is 1. The molecule has 3 rings (SSSR count). The first-order valence-corrected chi connectivity index (χ1v) is 7.82. The van der Waals surface area contributed by atoms with Crippen LogP contribution in [0.1, 0.15) is 6.42 Å². The first-order valence-electron chi connectivity index (χ1n) is 7.82. The Balaban J connectivity index is 1.48. The highest BCUT2D eigenvalue weighted by atomic mass is 16.6. The van der Waals surface area contributed by atoms with Gasteiger partial charge in [-0.2, -0.15) is 0 Å². The molecule has 0 bridgehead atoms. The second-order valence-electron chi connectivity index (χ2n) is 5.32. The highest BCUT2D eigenvalue weighted by Gasteiger charge is 2.11. The van der Waals surface area contributed by atoms with Crippen LogP contribution in [0.5, 0.6) is 17.2 Å². The zero-order chi connectivity index (χ0) is 16.8. The number of carbonyl (C=O) groups is 1. The van der Waals surface area contributed by atoms with Crippen LogP contribution in [0.3, 0.4) is 0 Å². The Morgan fingerprint density at radius 3 is 2.75 bits per heavy atom.